The molecule has 16 heavy (non-hydrogen) atoms. The van der Waals surface area contributed by atoms with Gasteiger partial charge in [0.25, 0.3) is 0 Å². The van der Waals surface area contributed by atoms with E-state index in [0.29, 0.717) is 0 Å². The quantitative estimate of drug-likeness (QED) is 0.619. The van der Waals surface area contributed by atoms with Crippen LogP contribution in [-0.2, 0) is 6.42 Å². The summed E-state index contributed by atoms with van der Waals surface area (Å²) in [5, 5.41) is 0. The van der Waals surface area contributed by atoms with Crippen molar-refractivity contribution in [2.75, 3.05) is 0 Å². The van der Waals surface area contributed by atoms with Crippen molar-refractivity contribution in [2.45, 2.75) is 27.2 Å². The van der Waals surface area contributed by atoms with Crippen molar-refractivity contribution in [1.82, 2.24) is 0 Å². The smallest absolute Gasteiger partial charge is 0.00821 e. The highest BCUT2D eigenvalue weighted by Crippen LogP contribution is 2.27. The van der Waals surface area contributed by atoms with E-state index in [9.17, 15) is 0 Å². The Morgan fingerprint density at radius 1 is 1.06 bits per heavy atom. The van der Waals surface area contributed by atoms with Gasteiger partial charge in [0.2, 0.25) is 0 Å². The number of fused-ring (bicyclic) bond motifs is 1. The van der Waals surface area contributed by atoms with Gasteiger partial charge >= 0.3 is 0 Å². The minimum absolute atomic E-state index is 1.08. The summed E-state index contributed by atoms with van der Waals surface area (Å²) in [4.78, 5) is 0. The molecule has 0 aliphatic heterocycles. The van der Waals surface area contributed by atoms with Crippen LogP contribution in [0.5, 0.6) is 0 Å². The summed E-state index contributed by atoms with van der Waals surface area (Å²) in [5.41, 5.74) is 4.17. The van der Waals surface area contributed by atoms with Gasteiger partial charge in [0.15, 0.2) is 0 Å². The summed E-state index contributed by atoms with van der Waals surface area (Å²) in [6, 6.07) is 8.59. The Morgan fingerprint density at radius 2 is 1.81 bits per heavy atom. The maximum atomic E-state index is 2.28. The molecule has 1 aromatic carbocycles. The van der Waals surface area contributed by atoms with Gasteiger partial charge in [-0.15, -0.1) is 0 Å². The summed E-state index contributed by atoms with van der Waals surface area (Å²) >= 11 is 0. The second-order valence-corrected chi connectivity index (χ2v) is 3.41. The first-order chi connectivity index (χ1) is 7.92. The Bertz CT molecular complexity index is 406. The molecular formula is C16H20. The van der Waals surface area contributed by atoms with E-state index < -0.39 is 0 Å². The van der Waals surface area contributed by atoms with Crippen molar-refractivity contribution in [3.63, 3.8) is 0 Å². The minimum atomic E-state index is 1.08. The first-order valence-electron chi connectivity index (χ1n) is 5.99. The molecule has 0 spiro atoms. The fourth-order valence-corrected chi connectivity index (χ4v) is 1.74. The minimum Gasteiger partial charge on any atom is -0.0877 e. The lowest BCUT2D eigenvalue weighted by atomic mass is 10.1. The Balaban J connectivity index is 0.000000606. The molecule has 1 aliphatic carbocycles. The molecule has 0 amide bonds. The van der Waals surface area contributed by atoms with Crippen LogP contribution in [0.15, 0.2) is 54.6 Å². The van der Waals surface area contributed by atoms with Crippen molar-refractivity contribution in [3.8, 4) is 0 Å². The SMILES string of the molecule is C/C=C\C=C/C1=CCc2ccccc21.CC. The van der Waals surface area contributed by atoms with E-state index in [2.05, 4.69) is 48.6 Å². The third kappa shape index (κ3) is 2.96. The molecule has 0 nitrogen and oxygen atoms in total. The zero-order valence-corrected chi connectivity index (χ0v) is 10.4. The Hall–Kier alpha value is -1.56. The normalized spacial score (nSPS) is 13.6. The summed E-state index contributed by atoms with van der Waals surface area (Å²) in [7, 11) is 0. The number of benzene rings is 1. The lowest BCUT2D eigenvalue weighted by molar-refractivity contribution is 1.31. The molecule has 2 rings (SSSR count). The van der Waals surface area contributed by atoms with E-state index in [1.54, 1.807) is 0 Å². The highest BCUT2D eigenvalue weighted by atomic mass is 14.1. The molecule has 84 valence electrons. The predicted molar refractivity (Wildman–Crippen MR) is 73.4 cm³/mol. The van der Waals surface area contributed by atoms with Crippen LogP contribution in [0.4, 0.5) is 0 Å². The van der Waals surface area contributed by atoms with Gasteiger partial charge < -0.3 is 0 Å². The summed E-state index contributed by atoms with van der Waals surface area (Å²) < 4.78 is 0. The van der Waals surface area contributed by atoms with Gasteiger partial charge in [0.1, 0.15) is 0 Å². The highest BCUT2D eigenvalue weighted by molar-refractivity contribution is 5.79. The van der Waals surface area contributed by atoms with Crippen molar-refractivity contribution >= 4 is 5.57 Å². The van der Waals surface area contributed by atoms with E-state index in [-0.39, 0.29) is 0 Å². The molecular weight excluding hydrogens is 192 g/mol. The van der Waals surface area contributed by atoms with Crippen LogP contribution in [0.3, 0.4) is 0 Å². The fourth-order valence-electron chi connectivity index (χ4n) is 1.74. The van der Waals surface area contributed by atoms with Gasteiger partial charge in [-0.3, -0.25) is 0 Å². The first-order valence-corrected chi connectivity index (χ1v) is 5.99. The number of rotatable bonds is 2. The van der Waals surface area contributed by atoms with Crippen LogP contribution >= 0.6 is 0 Å². The van der Waals surface area contributed by atoms with E-state index >= 15 is 0 Å². The van der Waals surface area contributed by atoms with Gasteiger partial charge in [-0.25, -0.2) is 0 Å². The van der Waals surface area contributed by atoms with Crippen molar-refractivity contribution in [2.24, 2.45) is 0 Å². The standard InChI is InChI=1S/C14H14.C2H6/c1-2-3-4-7-12-10-11-13-8-5-6-9-14(12)13;1-2/h2-10H,11H2,1H3;1-2H3/b3-2-,7-4-;. The third-order valence-corrected chi connectivity index (χ3v) is 2.45. The van der Waals surface area contributed by atoms with Gasteiger partial charge in [-0.1, -0.05) is 68.5 Å². The second-order valence-electron chi connectivity index (χ2n) is 3.41. The summed E-state index contributed by atoms with van der Waals surface area (Å²) in [6.07, 6.45) is 11.7. The van der Waals surface area contributed by atoms with E-state index in [1.165, 1.54) is 16.7 Å². The van der Waals surface area contributed by atoms with E-state index in [0.717, 1.165) is 6.42 Å². The van der Waals surface area contributed by atoms with Gasteiger partial charge in [0.05, 0.1) is 0 Å². The predicted octanol–water partition coefficient (Wildman–Crippen LogP) is 4.78. The molecule has 0 N–H and O–H groups in total. The van der Waals surface area contributed by atoms with Crippen molar-refractivity contribution < 1.29 is 0 Å². The first kappa shape index (κ1) is 12.5. The van der Waals surface area contributed by atoms with Crippen LogP contribution < -0.4 is 0 Å². The molecule has 0 heterocycles. The molecule has 0 unspecified atom stereocenters. The average Bonchev–Trinajstić information content (AvgIpc) is 2.76. The Kier molecular flexibility index (Phi) is 5.35. The largest absolute Gasteiger partial charge is 0.0877 e. The van der Waals surface area contributed by atoms with E-state index in [4.69, 9.17) is 0 Å². The molecule has 0 saturated carbocycles. The lowest BCUT2D eigenvalue weighted by Gasteiger charge is -1.99. The molecule has 0 bridgehead atoms. The fraction of sp³-hybridized carbons (Fsp3) is 0.250. The monoisotopic (exact) mass is 212 g/mol. The maximum absolute atomic E-state index is 2.28. The topological polar surface area (TPSA) is 0 Å². The highest BCUT2D eigenvalue weighted by Gasteiger charge is 2.09. The molecule has 0 aromatic heterocycles. The lowest BCUT2D eigenvalue weighted by Crippen LogP contribution is -1.80. The summed E-state index contributed by atoms with van der Waals surface area (Å²) in [5.74, 6) is 0. The maximum Gasteiger partial charge on any atom is -0.00821 e. The third-order valence-electron chi connectivity index (χ3n) is 2.45. The summed E-state index contributed by atoms with van der Waals surface area (Å²) in [6.45, 7) is 6.03. The van der Waals surface area contributed by atoms with Gasteiger partial charge in [-0.2, -0.15) is 0 Å². The zero-order valence-electron chi connectivity index (χ0n) is 10.4. The van der Waals surface area contributed by atoms with Crippen LogP contribution in [0.1, 0.15) is 31.9 Å². The second kappa shape index (κ2) is 6.84. The molecule has 1 aromatic rings. The number of allylic oxidation sites excluding steroid dienone is 6. The molecule has 1 aliphatic rings. The van der Waals surface area contributed by atoms with Gasteiger partial charge in [-0.05, 0) is 30.0 Å². The average molecular weight is 212 g/mol. The van der Waals surface area contributed by atoms with Crippen LogP contribution in [0.25, 0.3) is 5.57 Å². The zero-order chi connectivity index (χ0) is 11.8. The van der Waals surface area contributed by atoms with E-state index in [1.807, 2.05) is 26.8 Å². The Morgan fingerprint density at radius 3 is 2.56 bits per heavy atom. The molecule has 0 fully saturated rings. The van der Waals surface area contributed by atoms with Gasteiger partial charge in [0, 0.05) is 0 Å². The van der Waals surface area contributed by atoms with Crippen molar-refractivity contribution in [3.05, 3.63) is 65.8 Å². The van der Waals surface area contributed by atoms with Crippen LogP contribution in [0.2, 0.25) is 0 Å². The molecule has 0 atom stereocenters. The van der Waals surface area contributed by atoms with Crippen molar-refractivity contribution in [1.29, 1.82) is 0 Å². The van der Waals surface area contributed by atoms with Crippen LogP contribution in [0, 0.1) is 0 Å². The number of hydrogen-bond acceptors (Lipinski definition) is 0. The Labute approximate surface area is 99.0 Å². The molecule has 0 saturated heterocycles. The number of hydrogen-bond donors (Lipinski definition) is 0. The molecule has 0 radical (unpaired) electrons. The van der Waals surface area contributed by atoms with Crippen LogP contribution in [-0.4, -0.2) is 0 Å². The molecule has 0 heteroatoms.